The third-order valence-corrected chi connectivity index (χ3v) is 6.29. The van der Waals surface area contributed by atoms with Crippen molar-refractivity contribution in [1.29, 1.82) is 0 Å². The highest BCUT2D eigenvalue weighted by Crippen LogP contribution is 2.38. The molecule has 1 aromatic heterocycles. The van der Waals surface area contributed by atoms with Crippen LogP contribution in [0.2, 0.25) is 0 Å². The largest absolute Gasteiger partial charge is 0.353 e. The molecule has 8 heteroatoms. The zero-order valence-corrected chi connectivity index (χ0v) is 18.8. The Morgan fingerprint density at radius 1 is 1.09 bits per heavy atom. The molecule has 170 valence electrons. The number of hydrogen-bond donors (Lipinski definition) is 1. The first-order valence-corrected chi connectivity index (χ1v) is 11.1. The standard InChI is InChI=1S/C24H30FN5O2/c1-23(2,3)22(32)29-13-10-24(25,11-14-29)18-6-8-19(9-7-18)27-21(31)17-15-30(16-17)20-5-4-12-26-28-20/h4-9,12,17H,10-11,13-16H2,1-3H3,(H,27,31). The van der Waals surface area contributed by atoms with E-state index < -0.39 is 11.1 Å². The number of halogens is 1. The fourth-order valence-electron chi connectivity index (χ4n) is 4.22. The molecule has 2 amide bonds. The number of alkyl halides is 1. The Bertz CT molecular complexity index is 960. The van der Waals surface area contributed by atoms with Gasteiger partial charge in [-0.15, -0.1) is 5.10 Å². The average Bonchev–Trinajstić information content (AvgIpc) is 2.73. The van der Waals surface area contributed by atoms with Crippen molar-refractivity contribution in [3.8, 4) is 0 Å². The molecule has 7 nitrogen and oxygen atoms in total. The zero-order chi connectivity index (χ0) is 22.9. The number of benzene rings is 1. The normalized spacial score (nSPS) is 18.8. The Hall–Kier alpha value is -3.03. The molecular weight excluding hydrogens is 409 g/mol. The highest BCUT2D eigenvalue weighted by atomic mass is 19.1. The van der Waals surface area contributed by atoms with E-state index in [4.69, 9.17) is 0 Å². The first-order chi connectivity index (χ1) is 15.2. The van der Waals surface area contributed by atoms with Crippen LogP contribution in [-0.4, -0.2) is 53.1 Å². The van der Waals surface area contributed by atoms with Gasteiger partial charge in [0.25, 0.3) is 0 Å². The van der Waals surface area contributed by atoms with Crippen LogP contribution in [0.15, 0.2) is 42.6 Å². The predicted octanol–water partition coefficient (Wildman–Crippen LogP) is 3.38. The van der Waals surface area contributed by atoms with E-state index in [1.165, 1.54) is 0 Å². The second kappa shape index (κ2) is 8.48. The van der Waals surface area contributed by atoms with E-state index in [-0.39, 0.29) is 30.6 Å². The zero-order valence-electron chi connectivity index (χ0n) is 18.8. The smallest absolute Gasteiger partial charge is 0.231 e. The molecule has 0 unspecified atom stereocenters. The molecule has 0 atom stereocenters. The SMILES string of the molecule is CC(C)(C)C(=O)N1CCC(F)(c2ccc(NC(=O)C3CN(c4cccnn4)C3)cc2)CC1. The number of nitrogens with zero attached hydrogens (tertiary/aromatic N) is 4. The van der Waals surface area contributed by atoms with Gasteiger partial charge in [0, 0.05) is 56.3 Å². The van der Waals surface area contributed by atoms with Gasteiger partial charge in [0.05, 0.1) is 5.92 Å². The number of rotatable bonds is 4. The minimum absolute atomic E-state index is 0.0538. The van der Waals surface area contributed by atoms with E-state index in [2.05, 4.69) is 15.5 Å². The number of amides is 2. The summed E-state index contributed by atoms with van der Waals surface area (Å²) in [4.78, 5) is 28.7. The molecule has 0 bridgehead atoms. The third-order valence-electron chi connectivity index (χ3n) is 6.29. The molecule has 3 heterocycles. The number of nitrogens with one attached hydrogen (secondary N) is 1. The second-order valence-electron chi connectivity index (χ2n) is 9.76. The summed E-state index contributed by atoms with van der Waals surface area (Å²) >= 11 is 0. The van der Waals surface area contributed by atoms with Gasteiger partial charge < -0.3 is 15.1 Å². The van der Waals surface area contributed by atoms with E-state index in [0.29, 0.717) is 37.4 Å². The van der Waals surface area contributed by atoms with Crippen molar-refractivity contribution in [2.45, 2.75) is 39.3 Å². The van der Waals surface area contributed by atoms with Crippen LogP contribution in [0, 0.1) is 11.3 Å². The van der Waals surface area contributed by atoms with E-state index in [1.54, 1.807) is 35.4 Å². The van der Waals surface area contributed by atoms with Crippen molar-refractivity contribution in [3.05, 3.63) is 48.2 Å². The maximum atomic E-state index is 15.6. The maximum absolute atomic E-state index is 15.6. The second-order valence-corrected chi connectivity index (χ2v) is 9.76. The van der Waals surface area contributed by atoms with Gasteiger partial charge in [0.1, 0.15) is 5.67 Å². The predicted molar refractivity (Wildman–Crippen MR) is 121 cm³/mol. The molecule has 1 N–H and O–H groups in total. The number of piperidine rings is 1. The molecule has 0 radical (unpaired) electrons. The summed E-state index contributed by atoms with van der Waals surface area (Å²) in [6.07, 6.45) is 2.18. The van der Waals surface area contributed by atoms with Gasteiger partial charge in [0.2, 0.25) is 11.8 Å². The van der Waals surface area contributed by atoms with Gasteiger partial charge in [-0.1, -0.05) is 32.9 Å². The van der Waals surface area contributed by atoms with Gasteiger partial charge >= 0.3 is 0 Å². The highest BCUT2D eigenvalue weighted by molar-refractivity contribution is 5.94. The molecule has 2 saturated heterocycles. The summed E-state index contributed by atoms with van der Waals surface area (Å²) in [5, 5.41) is 10.8. The summed E-state index contributed by atoms with van der Waals surface area (Å²) in [6.45, 7) is 7.67. The maximum Gasteiger partial charge on any atom is 0.231 e. The Morgan fingerprint density at radius 2 is 1.75 bits per heavy atom. The molecular formula is C24H30FN5O2. The average molecular weight is 440 g/mol. The summed E-state index contributed by atoms with van der Waals surface area (Å²) < 4.78 is 15.6. The lowest BCUT2D eigenvalue weighted by molar-refractivity contribution is -0.142. The Balaban J connectivity index is 1.30. The van der Waals surface area contributed by atoms with Crippen LogP contribution >= 0.6 is 0 Å². The van der Waals surface area contributed by atoms with Gasteiger partial charge in [-0.2, -0.15) is 5.10 Å². The lowest BCUT2D eigenvalue weighted by Crippen LogP contribution is -2.52. The van der Waals surface area contributed by atoms with Gasteiger partial charge in [0.15, 0.2) is 5.82 Å². The van der Waals surface area contributed by atoms with Crippen LogP contribution < -0.4 is 10.2 Å². The Kier molecular flexibility index (Phi) is 5.88. The van der Waals surface area contributed by atoms with Crippen molar-refractivity contribution < 1.29 is 14.0 Å². The fourth-order valence-corrected chi connectivity index (χ4v) is 4.22. The molecule has 0 spiro atoms. The van der Waals surface area contributed by atoms with Gasteiger partial charge in [-0.3, -0.25) is 9.59 Å². The van der Waals surface area contributed by atoms with Crippen LogP contribution in [0.25, 0.3) is 0 Å². The van der Waals surface area contributed by atoms with E-state index in [1.807, 2.05) is 37.8 Å². The number of anilines is 2. The van der Waals surface area contributed by atoms with Crippen molar-refractivity contribution >= 4 is 23.3 Å². The molecule has 2 aliphatic rings. The van der Waals surface area contributed by atoms with Gasteiger partial charge in [-0.25, -0.2) is 4.39 Å². The van der Waals surface area contributed by atoms with Crippen LogP contribution in [0.3, 0.4) is 0 Å². The first-order valence-electron chi connectivity index (χ1n) is 11.1. The number of hydrogen-bond acceptors (Lipinski definition) is 5. The molecule has 32 heavy (non-hydrogen) atoms. The minimum Gasteiger partial charge on any atom is -0.353 e. The van der Waals surface area contributed by atoms with Crippen LogP contribution in [0.5, 0.6) is 0 Å². The molecule has 2 aliphatic heterocycles. The molecule has 0 aliphatic carbocycles. The van der Waals surface area contributed by atoms with Crippen LogP contribution in [0.1, 0.15) is 39.2 Å². The number of aromatic nitrogens is 2. The van der Waals surface area contributed by atoms with Crippen molar-refractivity contribution in [2.75, 3.05) is 36.4 Å². The minimum atomic E-state index is -1.46. The van der Waals surface area contributed by atoms with E-state index in [0.717, 1.165) is 5.82 Å². The van der Waals surface area contributed by atoms with Crippen LogP contribution in [-0.2, 0) is 15.3 Å². The van der Waals surface area contributed by atoms with Crippen molar-refractivity contribution in [2.24, 2.45) is 11.3 Å². The van der Waals surface area contributed by atoms with E-state index >= 15 is 4.39 Å². The topological polar surface area (TPSA) is 78.4 Å². The Morgan fingerprint density at radius 3 is 2.31 bits per heavy atom. The van der Waals surface area contributed by atoms with Crippen molar-refractivity contribution in [3.63, 3.8) is 0 Å². The van der Waals surface area contributed by atoms with E-state index in [9.17, 15) is 9.59 Å². The molecule has 2 aromatic rings. The molecule has 0 saturated carbocycles. The summed E-state index contributed by atoms with van der Waals surface area (Å²) in [5.74, 6) is 0.659. The monoisotopic (exact) mass is 439 g/mol. The highest BCUT2D eigenvalue weighted by Gasteiger charge is 2.39. The molecule has 1 aromatic carbocycles. The molecule has 4 rings (SSSR count). The Labute approximate surface area is 188 Å². The van der Waals surface area contributed by atoms with Gasteiger partial charge in [-0.05, 0) is 29.8 Å². The number of carbonyl (C=O) groups excluding carboxylic acids is 2. The number of carbonyl (C=O) groups is 2. The van der Waals surface area contributed by atoms with Crippen LogP contribution in [0.4, 0.5) is 15.9 Å². The van der Waals surface area contributed by atoms with Crippen molar-refractivity contribution in [1.82, 2.24) is 15.1 Å². The summed E-state index contributed by atoms with van der Waals surface area (Å²) in [5.41, 5.74) is -0.665. The first kappa shape index (κ1) is 22.2. The number of likely N-dealkylation sites (tertiary alicyclic amines) is 1. The molecule has 2 fully saturated rings. The summed E-state index contributed by atoms with van der Waals surface area (Å²) in [7, 11) is 0. The fraction of sp³-hybridized carbons (Fsp3) is 0.500. The lowest BCUT2D eigenvalue weighted by Gasteiger charge is -2.39. The third kappa shape index (κ3) is 4.59. The summed E-state index contributed by atoms with van der Waals surface area (Å²) in [6, 6.07) is 10.7. The quantitative estimate of drug-likeness (QED) is 0.790. The lowest BCUT2D eigenvalue weighted by atomic mass is 9.84.